The lowest BCUT2D eigenvalue weighted by Gasteiger charge is -2.08. The molecule has 0 spiro atoms. The van der Waals surface area contributed by atoms with E-state index in [4.69, 9.17) is 4.74 Å². The first kappa shape index (κ1) is 22.1. The van der Waals surface area contributed by atoms with Gasteiger partial charge in [-0.3, -0.25) is 14.4 Å². The standard InChI is InChI=1S/C20H22N2O6S/c1-2-21-20(25)15-7-6-8-16(13-15)22-18(23)14-28-19(24)11-12-29(26,27)17-9-4-3-5-10-17/h3-10,13H,2,11-12,14H2,1H3,(H,21,25)(H,22,23). The van der Waals surface area contributed by atoms with Gasteiger partial charge in [0.25, 0.3) is 11.8 Å². The summed E-state index contributed by atoms with van der Waals surface area (Å²) in [6.45, 7) is 1.71. The molecule has 154 valence electrons. The van der Waals surface area contributed by atoms with Crippen LogP contribution >= 0.6 is 0 Å². The molecule has 0 atom stereocenters. The van der Waals surface area contributed by atoms with Crippen LogP contribution in [0, 0.1) is 0 Å². The number of sulfone groups is 1. The highest BCUT2D eigenvalue weighted by atomic mass is 32.2. The van der Waals surface area contributed by atoms with Crippen molar-refractivity contribution in [1.82, 2.24) is 5.32 Å². The number of anilines is 1. The van der Waals surface area contributed by atoms with Crippen molar-refractivity contribution in [2.24, 2.45) is 0 Å². The van der Waals surface area contributed by atoms with Crippen LogP contribution in [0.1, 0.15) is 23.7 Å². The van der Waals surface area contributed by atoms with Crippen LogP contribution in [0.3, 0.4) is 0 Å². The molecule has 8 nitrogen and oxygen atoms in total. The fourth-order valence-electron chi connectivity index (χ4n) is 2.38. The molecule has 0 aliphatic heterocycles. The molecule has 2 aromatic carbocycles. The van der Waals surface area contributed by atoms with Gasteiger partial charge in [-0.15, -0.1) is 0 Å². The zero-order chi connectivity index (χ0) is 21.3. The van der Waals surface area contributed by atoms with Gasteiger partial charge in [-0.05, 0) is 37.3 Å². The largest absolute Gasteiger partial charge is 0.456 e. The van der Waals surface area contributed by atoms with E-state index >= 15 is 0 Å². The molecule has 0 radical (unpaired) electrons. The summed E-state index contributed by atoms with van der Waals surface area (Å²) in [6, 6.07) is 14.1. The Balaban J connectivity index is 1.81. The van der Waals surface area contributed by atoms with Gasteiger partial charge in [0, 0.05) is 17.8 Å². The zero-order valence-electron chi connectivity index (χ0n) is 15.9. The SMILES string of the molecule is CCNC(=O)c1cccc(NC(=O)COC(=O)CCS(=O)(=O)c2ccccc2)c1. The summed E-state index contributed by atoms with van der Waals surface area (Å²) in [5.74, 6) is -2.07. The molecule has 0 unspecified atom stereocenters. The Morgan fingerprint density at radius 3 is 2.41 bits per heavy atom. The van der Waals surface area contributed by atoms with Crippen molar-refractivity contribution in [2.45, 2.75) is 18.2 Å². The van der Waals surface area contributed by atoms with Crippen LogP contribution in [0.2, 0.25) is 0 Å². The number of hydrogen-bond acceptors (Lipinski definition) is 6. The third kappa shape index (κ3) is 7.04. The number of hydrogen-bond donors (Lipinski definition) is 2. The van der Waals surface area contributed by atoms with E-state index in [-0.39, 0.29) is 17.2 Å². The highest BCUT2D eigenvalue weighted by molar-refractivity contribution is 7.91. The minimum Gasteiger partial charge on any atom is -0.456 e. The topological polar surface area (TPSA) is 119 Å². The summed E-state index contributed by atoms with van der Waals surface area (Å²) in [6.07, 6.45) is -0.364. The van der Waals surface area contributed by atoms with Crippen molar-refractivity contribution in [1.29, 1.82) is 0 Å². The van der Waals surface area contributed by atoms with Crippen molar-refractivity contribution < 1.29 is 27.5 Å². The van der Waals surface area contributed by atoms with Crippen LogP contribution < -0.4 is 10.6 Å². The first-order valence-corrected chi connectivity index (χ1v) is 10.6. The van der Waals surface area contributed by atoms with Crippen molar-refractivity contribution in [3.63, 3.8) is 0 Å². The van der Waals surface area contributed by atoms with E-state index in [1.807, 2.05) is 0 Å². The van der Waals surface area contributed by atoms with E-state index in [1.165, 1.54) is 18.2 Å². The summed E-state index contributed by atoms with van der Waals surface area (Å²) in [7, 11) is -3.60. The van der Waals surface area contributed by atoms with Crippen molar-refractivity contribution in [3.8, 4) is 0 Å². The zero-order valence-corrected chi connectivity index (χ0v) is 16.7. The molecule has 0 bridgehead atoms. The maximum atomic E-state index is 12.1. The summed E-state index contributed by atoms with van der Waals surface area (Å²) in [4.78, 5) is 35.6. The van der Waals surface area contributed by atoms with Gasteiger partial charge in [0.05, 0.1) is 17.1 Å². The van der Waals surface area contributed by atoms with E-state index in [9.17, 15) is 22.8 Å². The number of rotatable bonds is 9. The second-order valence-corrected chi connectivity index (χ2v) is 8.14. The third-order valence-corrected chi connectivity index (χ3v) is 5.52. The maximum absolute atomic E-state index is 12.1. The van der Waals surface area contributed by atoms with E-state index in [0.29, 0.717) is 17.8 Å². The lowest BCUT2D eigenvalue weighted by Crippen LogP contribution is -2.24. The minimum absolute atomic E-state index is 0.123. The van der Waals surface area contributed by atoms with Crippen molar-refractivity contribution >= 4 is 33.3 Å². The summed E-state index contributed by atoms with van der Waals surface area (Å²) < 4.78 is 29.1. The number of ether oxygens (including phenoxy) is 1. The third-order valence-electron chi connectivity index (χ3n) is 3.79. The maximum Gasteiger partial charge on any atom is 0.307 e. The number of carbonyl (C=O) groups is 3. The molecule has 2 N–H and O–H groups in total. The summed E-state index contributed by atoms with van der Waals surface area (Å²) in [5, 5.41) is 5.17. The first-order chi connectivity index (χ1) is 13.8. The number of amides is 2. The Morgan fingerprint density at radius 2 is 1.72 bits per heavy atom. The number of esters is 1. The molecule has 9 heteroatoms. The van der Waals surface area contributed by atoms with Gasteiger partial charge >= 0.3 is 5.97 Å². The Labute approximate surface area is 169 Å². The van der Waals surface area contributed by atoms with Gasteiger partial charge in [0.2, 0.25) is 0 Å². The highest BCUT2D eigenvalue weighted by Crippen LogP contribution is 2.12. The average molecular weight is 418 g/mol. The predicted octanol–water partition coefficient (Wildman–Crippen LogP) is 1.78. The Kier molecular flexibility index (Phi) is 7.90. The van der Waals surface area contributed by atoms with Crippen LogP contribution in [0.5, 0.6) is 0 Å². The number of carbonyl (C=O) groups excluding carboxylic acids is 3. The molecule has 2 rings (SSSR count). The molecule has 0 saturated heterocycles. The average Bonchev–Trinajstić information content (AvgIpc) is 2.72. The Hall–Kier alpha value is -3.20. The van der Waals surface area contributed by atoms with Crippen LogP contribution in [0.25, 0.3) is 0 Å². The second-order valence-electron chi connectivity index (χ2n) is 6.03. The predicted molar refractivity (Wildman–Crippen MR) is 107 cm³/mol. The van der Waals surface area contributed by atoms with E-state index in [1.54, 1.807) is 43.3 Å². The normalized spacial score (nSPS) is 10.8. The number of nitrogens with one attached hydrogen (secondary N) is 2. The van der Waals surface area contributed by atoms with Crippen molar-refractivity contribution in [3.05, 3.63) is 60.2 Å². The minimum atomic E-state index is -3.60. The van der Waals surface area contributed by atoms with E-state index in [0.717, 1.165) is 0 Å². The molecule has 0 aliphatic carbocycles. The Bertz CT molecular complexity index is 973. The van der Waals surface area contributed by atoms with E-state index in [2.05, 4.69) is 10.6 Å². The van der Waals surface area contributed by atoms with Gasteiger partial charge in [0.15, 0.2) is 16.4 Å². The molecular weight excluding hydrogens is 396 g/mol. The highest BCUT2D eigenvalue weighted by Gasteiger charge is 2.17. The van der Waals surface area contributed by atoms with Crippen molar-refractivity contribution in [2.75, 3.05) is 24.2 Å². The van der Waals surface area contributed by atoms with Gasteiger partial charge in [0.1, 0.15) is 0 Å². The van der Waals surface area contributed by atoms with Gasteiger partial charge in [-0.25, -0.2) is 8.42 Å². The van der Waals surface area contributed by atoms with Gasteiger partial charge in [-0.1, -0.05) is 24.3 Å². The van der Waals surface area contributed by atoms with Crippen LogP contribution in [-0.4, -0.2) is 45.1 Å². The first-order valence-electron chi connectivity index (χ1n) is 8.93. The van der Waals surface area contributed by atoms with Crippen LogP contribution in [0.4, 0.5) is 5.69 Å². The molecule has 0 aliphatic rings. The summed E-state index contributed by atoms with van der Waals surface area (Å²) in [5.41, 5.74) is 0.759. The van der Waals surface area contributed by atoms with Crippen LogP contribution in [0.15, 0.2) is 59.5 Å². The quantitative estimate of drug-likeness (QED) is 0.599. The molecule has 0 heterocycles. The fourth-order valence-corrected chi connectivity index (χ4v) is 3.62. The lowest BCUT2D eigenvalue weighted by molar-refractivity contribution is -0.146. The molecule has 0 fully saturated rings. The molecule has 2 aromatic rings. The molecule has 2 amide bonds. The van der Waals surface area contributed by atoms with Gasteiger partial charge in [-0.2, -0.15) is 0 Å². The smallest absolute Gasteiger partial charge is 0.307 e. The Morgan fingerprint density at radius 1 is 1.00 bits per heavy atom. The monoisotopic (exact) mass is 418 g/mol. The second kappa shape index (κ2) is 10.4. The molecule has 29 heavy (non-hydrogen) atoms. The molecule has 0 aromatic heterocycles. The van der Waals surface area contributed by atoms with Crippen LogP contribution in [-0.2, 0) is 24.2 Å². The summed E-state index contributed by atoms with van der Waals surface area (Å²) >= 11 is 0. The van der Waals surface area contributed by atoms with Gasteiger partial charge < -0.3 is 15.4 Å². The number of benzene rings is 2. The van der Waals surface area contributed by atoms with E-state index < -0.39 is 34.1 Å². The molecular formula is C20H22N2O6S. The molecule has 0 saturated carbocycles. The lowest BCUT2D eigenvalue weighted by atomic mass is 10.2. The fraction of sp³-hybridized carbons (Fsp3) is 0.250.